The summed E-state index contributed by atoms with van der Waals surface area (Å²) < 4.78 is 99.1. The van der Waals surface area contributed by atoms with E-state index in [-0.39, 0.29) is 0 Å². The van der Waals surface area contributed by atoms with Gasteiger partial charge in [-0.3, -0.25) is 0 Å². The molecule has 0 aromatic carbocycles. The van der Waals surface area contributed by atoms with E-state index in [1.807, 2.05) is 0 Å². The first kappa shape index (κ1) is 73.8. The molecule has 9 aliphatic rings. The molecule has 9 heterocycles. The maximum Gasteiger partial charge on any atom is 0.187 e. The average Bonchev–Trinajstić information content (AvgIpc) is 0.803. The lowest BCUT2D eigenvalue weighted by atomic mass is 9.95. The Bertz CT molecular complexity index is 2290. The van der Waals surface area contributed by atoms with Gasteiger partial charge in [-0.25, -0.2) is 0 Å². The molecular formula is C54H92O37. The monoisotopic (exact) mass is 1330 g/mol. The minimum atomic E-state index is -2.14. The fraction of sp³-hybridized carbons (Fsp3) is 1.00. The van der Waals surface area contributed by atoms with Gasteiger partial charge < -0.3 is 183 Å². The van der Waals surface area contributed by atoms with Crippen LogP contribution in [0.4, 0.5) is 0 Å². The number of aliphatic hydroxyl groups is 20. The molecule has 20 N–H and O–H groups in total. The van der Waals surface area contributed by atoms with E-state index in [0.29, 0.717) is 0 Å². The Morgan fingerprint density at radius 3 is 0.604 bits per heavy atom. The van der Waals surface area contributed by atoms with Gasteiger partial charge in [0, 0.05) is 0 Å². The predicted molar refractivity (Wildman–Crippen MR) is 284 cm³/mol. The van der Waals surface area contributed by atoms with Crippen LogP contribution in [0.5, 0.6) is 0 Å². The summed E-state index contributed by atoms with van der Waals surface area (Å²) in [6, 6.07) is 0. The highest BCUT2D eigenvalue weighted by Gasteiger charge is 2.59. The zero-order valence-corrected chi connectivity index (χ0v) is 50.9. The molecular weight excluding hydrogens is 1240 g/mol. The van der Waals surface area contributed by atoms with Crippen molar-refractivity contribution in [3.8, 4) is 0 Å². The van der Waals surface area contributed by atoms with Gasteiger partial charge in [0.1, 0.15) is 165 Å². The summed E-state index contributed by atoms with van der Waals surface area (Å²) in [6.45, 7) is 12.1. The van der Waals surface area contributed by atoms with Crippen LogP contribution in [0.25, 0.3) is 0 Å². The quantitative estimate of drug-likeness (QED) is 0.0682. The molecule has 2 unspecified atom stereocenters. The minimum absolute atomic E-state index is 1.01. The second-order valence-electron chi connectivity index (χ2n) is 25.0. The molecule has 9 fully saturated rings. The smallest absolute Gasteiger partial charge is 0.187 e. The Hall–Kier alpha value is -1.48. The predicted octanol–water partition coefficient (Wildman–Crippen LogP) is -11.4. The summed E-state index contributed by atoms with van der Waals surface area (Å²) in [4.78, 5) is 0. The zero-order chi connectivity index (χ0) is 67.0. The van der Waals surface area contributed by atoms with Gasteiger partial charge in [-0.1, -0.05) is 0 Å². The van der Waals surface area contributed by atoms with Crippen LogP contribution < -0.4 is 0 Å². The van der Waals surface area contributed by atoms with E-state index < -0.39 is 276 Å². The summed E-state index contributed by atoms with van der Waals surface area (Å²) in [5.41, 5.74) is 0. The van der Waals surface area contributed by atoms with Crippen molar-refractivity contribution in [3.63, 3.8) is 0 Å². The summed E-state index contributed by atoms with van der Waals surface area (Å²) in [5.74, 6) is 0. The number of ether oxygens (including phenoxy) is 17. The normalized spacial score (nSPS) is 57.8. The maximum atomic E-state index is 12.0. The number of rotatable bonds is 16. The third-order valence-electron chi connectivity index (χ3n) is 18.4. The van der Waals surface area contributed by atoms with E-state index in [2.05, 4.69) is 0 Å². The van der Waals surface area contributed by atoms with Gasteiger partial charge in [0.25, 0.3) is 0 Å². The van der Waals surface area contributed by atoms with Gasteiger partial charge in [-0.15, -0.1) is 0 Å². The van der Waals surface area contributed by atoms with Crippen LogP contribution in [0.1, 0.15) is 62.3 Å². The second-order valence-corrected chi connectivity index (χ2v) is 25.0. The van der Waals surface area contributed by atoms with E-state index in [9.17, 15) is 102 Å². The molecule has 0 saturated carbocycles. The molecule has 9 rings (SSSR count). The Morgan fingerprint density at radius 2 is 0.330 bits per heavy atom. The summed E-state index contributed by atoms with van der Waals surface area (Å²) in [6.07, 6.45) is -77.0. The topological polar surface area (TPSA) is 562 Å². The maximum absolute atomic E-state index is 12.0. The third kappa shape index (κ3) is 15.0. The Morgan fingerprint density at radius 1 is 0.154 bits per heavy atom. The molecule has 45 atom stereocenters. The minimum Gasteiger partial charge on any atom is -0.388 e. The van der Waals surface area contributed by atoms with Crippen molar-refractivity contribution in [3.05, 3.63) is 0 Å². The highest BCUT2D eigenvalue weighted by Crippen LogP contribution is 2.40. The fourth-order valence-electron chi connectivity index (χ4n) is 12.4. The van der Waals surface area contributed by atoms with Crippen molar-refractivity contribution in [1.29, 1.82) is 0 Å². The van der Waals surface area contributed by atoms with Gasteiger partial charge in [0.05, 0.1) is 54.9 Å². The van der Waals surface area contributed by atoms with Crippen LogP contribution in [0.3, 0.4) is 0 Å². The molecule has 0 amide bonds. The highest BCUT2D eigenvalue weighted by atomic mass is 16.8. The van der Waals surface area contributed by atoms with E-state index in [0.717, 1.165) is 0 Å². The second kappa shape index (κ2) is 29.9. The van der Waals surface area contributed by atoms with E-state index in [1.165, 1.54) is 62.3 Å². The van der Waals surface area contributed by atoms with Gasteiger partial charge >= 0.3 is 0 Å². The van der Waals surface area contributed by atoms with Crippen LogP contribution in [0, 0.1) is 0 Å². The summed E-state index contributed by atoms with van der Waals surface area (Å²) in [5, 5.41) is 223. The molecule has 37 heteroatoms. The molecule has 9 aliphatic heterocycles. The molecule has 0 aliphatic carbocycles. The molecule has 9 saturated heterocycles. The van der Waals surface area contributed by atoms with Crippen LogP contribution in [-0.4, -0.2) is 378 Å². The summed E-state index contributed by atoms with van der Waals surface area (Å²) >= 11 is 0. The largest absolute Gasteiger partial charge is 0.388 e. The first-order valence-corrected chi connectivity index (χ1v) is 30.4. The first-order valence-electron chi connectivity index (χ1n) is 30.4. The van der Waals surface area contributed by atoms with Gasteiger partial charge in [0.15, 0.2) is 56.6 Å². The molecule has 37 nitrogen and oxygen atoms in total. The van der Waals surface area contributed by atoms with E-state index >= 15 is 0 Å². The van der Waals surface area contributed by atoms with Crippen molar-refractivity contribution < 1.29 is 183 Å². The fourth-order valence-corrected chi connectivity index (χ4v) is 12.4. The number of hydrogen-bond donors (Lipinski definition) is 20. The Labute approximate surface area is 520 Å². The van der Waals surface area contributed by atoms with Crippen molar-refractivity contribution in [2.75, 3.05) is 0 Å². The van der Waals surface area contributed by atoms with Crippen molar-refractivity contribution in [2.24, 2.45) is 0 Å². The Balaban J connectivity index is 0.877. The summed E-state index contributed by atoms with van der Waals surface area (Å²) in [7, 11) is 0. The molecule has 0 aromatic heterocycles. The van der Waals surface area contributed by atoms with Crippen LogP contribution in [0.15, 0.2) is 0 Å². The van der Waals surface area contributed by atoms with Crippen molar-refractivity contribution in [1.82, 2.24) is 0 Å². The molecule has 0 radical (unpaired) electrons. The highest BCUT2D eigenvalue weighted by molar-refractivity contribution is 5.01. The van der Waals surface area contributed by atoms with Crippen LogP contribution >= 0.6 is 0 Å². The van der Waals surface area contributed by atoms with Crippen LogP contribution in [-0.2, 0) is 80.5 Å². The molecule has 530 valence electrons. The van der Waals surface area contributed by atoms with Crippen molar-refractivity contribution in [2.45, 2.75) is 339 Å². The van der Waals surface area contributed by atoms with Crippen molar-refractivity contribution >= 4 is 0 Å². The number of hydrogen-bond acceptors (Lipinski definition) is 37. The Kier molecular flexibility index (Phi) is 24.3. The zero-order valence-electron chi connectivity index (χ0n) is 50.9. The average molecular weight is 1330 g/mol. The molecule has 0 aromatic rings. The van der Waals surface area contributed by atoms with Gasteiger partial charge in [0.2, 0.25) is 0 Å². The lowest BCUT2D eigenvalue weighted by Crippen LogP contribution is -2.68. The first-order chi connectivity index (χ1) is 42.6. The SMILES string of the molecule is C[C@@H]1O[C@H](O)[C@H](O[C@@H]2O[C@@H](C)[C@H](O)[C@@H](OC3O[C@@H](C)[C@H](O)[C@@H](O[C@@H]4O[C@@H](C)[C@H](O)C(O)[C@H]4O[C@H]4O[C@H](C)[C@@H](O)[C@@H](O[C@H]5O[C@H](C)[C@@H](O)[C@@H](O[C@H]6O[C@H](C)[C@@H](O)[C@@H](O)[C@@H]6O[C@H]6O[C@H](C)[C@@H](O)[C@@H](O[C@H]7O[C@H](C)[C@@H](O)[C@@H](O)[C@H]7O)[C@H]6O)[C@@H]5O)[C@H]4O)[C@@H]3O)[C@@H]2O)[C@H](O)[C@H]1O. The number of aliphatic hydroxyl groups excluding tert-OH is 20. The van der Waals surface area contributed by atoms with E-state index in [1.54, 1.807) is 0 Å². The van der Waals surface area contributed by atoms with Gasteiger partial charge in [-0.05, 0) is 62.3 Å². The molecule has 91 heavy (non-hydrogen) atoms. The molecule has 0 bridgehead atoms. The lowest BCUT2D eigenvalue weighted by molar-refractivity contribution is -0.405. The third-order valence-corrected chi connectivity index (χ3v) is 18.4. The van der Waals surface area contributed by atoms with Crippen LogP contribution in [0.2, 0.25) is 0 Å². The van der Waals surface area contributed by atoms with E-state index in [4.69, 9.17) is 80.5 Å². The lowest BCUT2D eigenvalue weighted by Gasteiger charge is -2.50. The standard InChI is InChI=1S/C54H92O37/c1-10-20(56)29(65)43(46(74)75-10)89-50-33(69)39(24(60)14(5)79-50)85-48-36(72)41(26(62)17(8)77-48)87-54-45(31(67)22(58)13(4)83-54)91-52-35(71)40(25(61)16(7)81-52)86-49-37(73)42(27(63)18(9)78-49)88-53-44(30(66)21(57)12(3)82-53)90-51-34(70)38(23(59)15(6)80-51)84-47-32(68)28(64)19(55)11(2)76-47/h10-74H,1-9H3/t10-,11+,12+,13-,14-,15+,16+,17-,18+,19+,20-,21+,22-,23+,24-,25+,26-,27+,28+,29+,30+,31?,32+,33-,34+,35+,36-,37-,38+,39+,40+,41+,42+,43+,44-,45+,46-,47+,48?,49+,50-,51+,52+,53+,54-/m0/s1. The van der Waals surface area contributed by atoms with Gasteiger partial charge in [-0.2, -0.15) is 0 Å². The molecule has 0 spiro atoms.